The molecule has 0 spiro atoms. The third kappa shape index (κ3) is 6.41. The van der Waals surface area contributed by atoms with Gasteiger partial charge in [-0.15, -0.1) is 0 Å². The van der Waals surface area contributed by atoms with Crippen molar-refractivity contribution in [1.29, 1.82) is 0 Å². The van der Waals surface area contributed by atoms with Gasteiger partial charge in [-0.2, -0.15) is 26.3 Å². The van der Waals surface area contributed by atoms with Crippen LogP contribution in [-0.4, -0.2) is 42.5 Å². The minimum Gasteiger partial charge on any atom is -0.497 e. The van der Waals surface area contributed by atoms with Crippen molar-refractivity contribution in [1.82, 2.24) is 5.32 Å². The number of carbonyl (C=O) groups excluding carboxylic acids is 2. The van der Waals surface area contributed by atoms with E-state index in [0.717, 1.165) is 24.4 Å². The van der Waals surface area contributed by atoms with Gasteiger partial charge in [0.05, 0.1) is 19.9 Å². The minimum absolute atomic E-state index is 0.0638. The topological polar surface area (TPSA) is 92.9 Å². The Labute approximate surface area is 218 Å². The van der Waals surface area contributed by atoms with Gasteiger partial charge < -0.3 is 19.8 Å². The van der Waals surface area contributed by atoms with Crippen LogP contribution in [0.15, 0.2) is 82.4 Å². The van der Waals surface area contributed by atoms with Gasteiger partial charge >= 0.3 is 12.4 Å². The summed E-state index contributed by atoms with van der Waals surface area (Å²) in [6.07, 6.45) is -11.2. The Hall–Kier alpha value is -4.29. The zero-order chi connectivity index (χ0) is 28.8. The van der Waals surface area contributed by atoms with Gasteiger partial charge in [-0.3, -0.25) is 14.6 Å². The molecule has 1 aromatic heterocycles. The Morgan fingerprint density at radius 2 is 1.54 bits per heavy atom. The molecule has 3 aromatic rings. The highest BCUT2D eigenvalue weighted by Gasteiger charge is 2.77. The summed E-state index contributed by atoms with van der Waals surface area (Å²) in [7, 11) is 1.29. The Kier molecular flexibility index (Phi) is 8.72. The average Bonchev–Trinajstić information content (AvgIpc) is 3.40. The summed E-state index contributed by atoms with van der Waals surface area (Å²) in [5.41, 5.74) is -6.50. The summed E-state index contributed by atoms with van der Waals surface area (Å²) < 4.78 is 98.0. The van der Waals surface area contributed by atoms with Gasteiger partial charge in [0.15, 0.2) is 0 Å². The summed E-state index contributed by atoms with van der Waals surface area (Å²) in [6, 6.07) is 14.2. The highest BCUT2D eigenvalue weighted by atomic mass is 19.4. The van der Waals surface area contributed by atoms with E-state index >= 15 is 0 Å². The largest absolute Gasteiger partial charge is 0.497 e. The van der Waals surface area contributed by atoms with Gasteiger partial charge in [-0.25, -0.2) is 0 Å². The molecule has 0 saturated heterocycles. The molecule has 1 unspecified atom stereocenters. The number of furan rings is 1. The van der Waals surface area contributed by atoms with Gasteiger partial charge in [0.2, 0.25) is 11.4 Å². The van der Waals surface area contributed by atoms with Gasteiger partial charge in [0.1, 0.15) is 17.4 Å². The molecule has 39 heavy (non-hydrogen) atoms. The first-order valence-electron chi connectivity index (χ1n) is 11.3. The molecule has 0 fully saturated rings. The van der Waals surface area contributed by atoms with Crippen LogP contribution in [0.1, 0.15) is 23.0 Å². The third-order valence-electron chi connectivity index (χ3n) is 5.78. The Morgan fingerprint density at radius 3 is 2.05 bits per heavy atom. The van der Waals surface area contributed by atoms with Gasteiger partial charge in [-0.05, 0) is 55.5 Å². The minimum atomic E-state index is -6.20. The van der Waals surface area contributed by atoms with Crippen LogP contribution < -0.4 is 15.4 Å². The maximum absolute atomic E-state index is 14.7. The lowest BCUT2D eigenvalue weighted by Gasteiger charge is -2.42. The molecule has 208 valence electrons. The van der Waals surface area contributed by atoms with Crippen molar-refractivity contribution >= 4 is 23.2 Å². The Morgan fingerprint density at radius 1 is 0.923 bits per heavy atom. The lowest BCUT2D eigenvalue weighted by atomic mass is 9.78. The van der Waals surface area contributed by atoms with Crippen LogP contribution in [0.25, 0.3) is 0 Å². The molecule has 7 nitrogen and oxygen atoms in total. The van der Waals surface area contributed by atoms with Gasteiger partial charge in [-0.1, -0.05) is 18.2 Å². The molecule has 0 radical (unpaired) electrons. The van der Waals surface area contributed by atoms with E-state index in [1.54, 1.807) is 0 Å². The number of alkyl halides is 6. The van der Waals surface area contributed by atoms with Crippen molar-refractivity contribution in [3.05, 3.63) is 84.3 Å². The third-order valence-corrected chi connectivity index (χ3v) is 5.78. The van der Waals surface area contributed by atoms with E-state index in [-0.39, 0.29) is 17.2 Å². The second-order valence-corrected chi connectivity index (χ2v) is 8.31. The number of para-hydroxylation sites is 1. The molecule has 1 heterocycles. The number of rotatable bonds is 9. The maximum Gasteiger partial charge on any atom is 0.421 e. The predicted molar refractivity (Wildman–Crippen MR) is 129 cm³/mol. The standard InChI is InChI=1S/C26H23F6N3O4/c1-16(33-15-20-9-6-14-39-20)21(23(37)34-18-7-4-3-5-8-18)24(25(27,28)29,26(30,31)32)35-22(36)17-10-12-19(38-2)13-11-17/h3-14,21H,15H2,1-2H3,(H,34,37)(H,35,36). The quantitative estimate of drug-likeness (QED) is 0.258. The van der Waals surface area contributed by atoms with E-state index in [2.05, 4.69) is 10.3 Å². The Balaban J connectivity index is 2.18. The van der Waals surface area contributed by atoms with Crippen LogP contribution in [0.4, 0.5) is 32.0 Å². The first-order valence-corrected chi connectivity index (χ1v) is 11.3. The number of hydrogen-bond acceptors (Lipinski definition) is 5. The number of anilines is 1. The van der Waals surface area contributed by atoms with Crippen LogP contribution in [0.2, 0.25) is 0 Å². The summed E-state index contributed by atoms with van der Waals surface area (Å²) in [4.78, 5) is 30.0. The first-order chi connectivity index (χ1) is 18.3. The molecule has 0 aliphatic carbocycles. The van der Waals surface area contributed by atoms with Crippen molar-refractivity contribution < 1.29 is 45.1 Å². The van der Waals surface area contributed by atoms with Crippen LogP contribution in [0.3, 0.4) is 0 Å². The summed E-state index contributed by atoms with van der Waals surface area (Å²) in [5, 5.41) is 3.19. The SMILES string of the molecule is COc1ccc(C(=O)NC(C(C(=O)Nc2ccccc2)C(C)=NCc2ccco2)(C(F)(F)F)C(F)(F)F)cc1. The van der Waals surface area contributed by atoms with E-state index in [1.807, 2.05) is 0 Å². The highest BCUT2D eigenvalue weighted by molar-refractivity contribution is 6.10. The van der Waals surface area contributed by atoms with Crippen molar-refractivity contribution in [2.75, 3.05) is 12.4 Å². The number of amides is 2. The number of benzene rings is 2. The summed E-state index contributed by atoms with van der Waals surface area (Å²) >= 11 is 0. The fourth-order valence-corrected chi connectivity index (χ4v) is 3.83. The second-order valence-electron chi connectivity index (χ2n) is 8.31. The fraction of sp³-hybridized carbons (Fsp3) is 0.269. The zero-order valence-corrected chi connectivity index (χ0v) is 20.6. The number of carbonyl (C=O) groups is 2. The average molecular weight is 555 g/mol. The smallest absolute Gasteiger partial charge is 0.421 e. The lowest BCUT2D eigenvalue weighted by molar-refractivity contribution is -0.310. The van der Waals surface area contributed by atoms with Crippen molar-refractivity contribution in [3.63, 3.8) is 0 Å². The van der Waals surface area contributed by atoms with Gasteiger partial charge in [0, 0.05) is 17.0 Å². The summed E-state index contributed by atoms with van der Waals surface area (Å²) in [6.45, 7) is 0.399. The number of halogens is 6. The second kappa shape index (κ2) is 11.6. The highest BCUT2D eigenvalue weighted by Crippen LogP contribution is 2.49. The van der Waals surface area contributed by atoms with E-state index in [4.69, 9.17) is 9.15 Å². The molecular formula is C26H23F6N3O4. The maximum atomic E-state index is 14.7. The molecule has 2 aromatic carbocycles. The Bertz CT molecular complexity index is 1270. The molecule has 3 rings (SSSR count). The number of nitrogens with one attached hydrogen (secondary N) is 2. The number of methoxy groups -OCH3 is 1. The molecule has 2 amide bonds. The van der Waals surface area contributed by atoms with E-state index in [9.17, 15) is 35.9 Å². The molecule has 2 N–H and O–H groups in total. The number of nitrogens with zero attached hydrogens (tertiary/aromatic N) is 1. The number of aliphatic imine (C=N–C) groups is 1. The molecule has 0 aliphatic rings. The summed E-state index contributed by atoms with van der Waals surface area (Å²) in [5.74, 6) is -6.13. The van der Waals surface area contributed by atoms with Gasteiger partial charge in [0.25, 0.3) is 5.91 Å². The van der Waals surface area contributed by atoms with Crippen molar-refractivity contribution in [2.45, 2.75) is 31.4 Å². The van der Waals surface area contributed by atoms with Crippen molar-refractivity contribution in [3.8, 4) is 5.75 Å². The monoisotopic (exact) mass is 555 g/mol. The molecule has 0 saturated carbocycles. The predicted octanol–water partition coefficient (Wildman–Crippen LogP) is 5.80. The fourth-order valence-electron chi connectivity index (χ4n) is 3.83. The molecular weight excluding hydrogens is 532 g/mol. The number of ether oxygens (including phenoxy) is 1. The molecule has 13 heteroatoms. The first kappa shape index (κ1) is 29.3. The molecule has 1 atom stereocenters. The molecule has 0 aliphatic heterocycles. The lowest BCUT2D eigenvalue weighted by Crippen LogP contribution is -2.74. The van der Waals surface area contributed by atoms with E-state index in [1.165, 1.54) is 68.0 Å². The number of hydrogen-bond donors (Lipinski definition) is 2. The van der Waals surface area contributed by atoms with E-state index < -0.39 is 53.4 Å². The van der Waals surface area contributed by atoms with Crippen LogP contribution in [0.5, 0.6) is 5.75 Å². The zero-order valence-electron chi connectivity index (χ0n) is 20.6. The van der Waals surface area contributed by atoms with E-state index in [0.29, 0.717) is 0 Å². The van der Waals surface area contributed by atoms with Crippen LogP contribution in [-0.2, 0) is 11.3 Å². The van der Waals surface area contributed by atoms with Crippen LogP contribution in [0, 0.1) is 5.92 Å². The molecule has 0 bridgehead atoms. The normalized spacial score (nSPS) is 13.5. The van der Waals surface area contributed by atoms with Crippen molar-refractivity contribution in [2.24, 2.45) is 10.9 Å². The van der Waals surface area contributed by atoms with Crippen LogP contribution >= 0.6 is 0 Å².